The Morgan fingerprint density at radius 3 is 2.47 bits per heavy atom. The van der Waals surface area contributed by atoms with Crippen LogP contribution in [0.25, 0.3) is 22.2 Å². The normalized spacial score (nSPS) is 14.8. The Kier molecular flexibility index (Phi) is 7.05. The first-order valence-electron chi connectivity index (χ1n) is 13.5. The van der Waals surface area contributed by atoms with Gasteiger partial charge in [-0.15, -0.1) is 0 Å². The Bertz CT molecular complexity index is 1510. The molecule has 0 spiro atoms. The fourth-order valence-electron chi connectivity index (χ4n) is 5.41. The summed E-state index contributed by atoms with van der Waals surface area (Å²) in [5, 5.41) is 11.9. The van der Waals surface area contributed by atoms with Crippen molar-refractivity contribution in [2.24, 2.45) is 4.99 Å². The summed E-state index contributed by atoms with van der Waals surface area (Å²) in [5.41, 5.74) is 7.48. The van der Waals surface area contributed by atoms with Crippen LogP contribution in [0.5, 0.6) is 5.88 Å². The Balaban J connectivity index is 1.30. The van der Waals surface area contributed by atoms with E-state index in [0.717, 1.165) is 51.1 Å². The van der Waals surface area contributed by atoms with Gasteiger partial charge in [-0.3, -0.25) is 0 Å². The summed E-state index contributed by atoms with van der Waals surface area (Å²) in [6.07, 6.45) is 9.77. The number of nitrogens with one attached hydrogen (secondary N) is 2. The quantitative estimate of drug-likeness (QED) is 0.203. The zero-order valence-corrected chi connectivity index (χ0v) is 21.5. The third kappa shape index (κ3) is 5.27. The van der Waals surface area contributed by atoms with Crippen LogP contribution in [0.1, 0.15) is 42.4 Å². The van der Waals surface area contributed by atoms with Crippen LogP contribution < -0.4 is 0 Å². The molecular weight excluding hydrogens is 470 g/mol. The second kappa shape index (κ2) is 11.1. The van der Waals surface area contributed by atoms with Gasteiger partial charge in [0.15, 0.2) is 5.88 Å². The van der Waals surface area contributed by atoms with E-state index in [4.69, 9.17) is 4.99 Å². The highest BCUT2D eigenvalue weighted by Gasteiger charge is 2.19. The highest BCUT2D eigenvalue weighted by Crippen LogP contribution is 2.32. The van der Waals surface area contributed by atoms with Crippen molar-refractivity contribution >= 4 is 22.3 Å². The van der Waals surface area contributed by atoms with Crippen molar-refractivity contribution in [3.8, 4) is 17.1 Å². The number of fused-ring (bicyclic) bond motifs is 1. The second-order valence-corrected chi connectivity index (χ2v) is 10.1. The van der Waals surface area contributed by atoms with E-state index < -0.39 is 0 Å². The minimum Gasteiger partial charge on any atom is -0.494 e. The number of imidazole rings is 1. The molecule has 0 bridgehead atoms. The lowest BCUT2D eigenvalue weighted by atomic mass is 9.98. The largest absolute Gasteiger partial charge is 0.494 e. The number of H-pyrrole nitrogens is 2. The summed E-state index contributed by atoms with van der Waals surface area (Å²) in [5.74, 6) is 0.129. The summed E-state index contributed by atoms with van der Waals surface area (Å²) in [7, 11) is 0. The number of rotatable bonds is 8. The lowest BCUT2D eigenvalue weighted by Gasteiger charge is -2.26. The predicted molar refractivity (Wildman–Crippen MR) is 154 cm³/mol. The Labute approximate surface area is 223 Å². The van der Waals surface area contributed by atoms with Crippen molar-refractivity contribution in [3.05, 3.63) is 102 Å². The third-order valence-electron chi connectivity index (χ3n) is 7.46. The minimum atomic E-state index is 0.129. The van der Waals surface area contributed by atoms with Crippen LogP contribution in [-0.4, -0.2) is 50.3 Å². The monoisotopic (exact) mass is 503 g/mol. The van der Waals surface area contributed by atoms with Crippen molar-refractivity contribution in [3.63, 3.8) is 0 Å². The lowest BCUT2D eigenvalue weighted by molar-refractivity contribution is 0.226. The first-order chi connectivity index (χ1) is 18.7. The van der Waals surface area contributed by atoms with Crippen LogP contribution in [0.2, 0.25) is 0 Å². The number of aliphatic imine (C=N–C) groups is 1. The number of benzene rings is 3. The van der Waals surface area contributed by atoms with Gasteiger partial charge in [0.2, 0.25) is 0 Å². The van der Waals surface area contributed by atoms with E-state index in [1.54, 1.807) is 6.33 Å². The van der Waals surface area contributed by atoms with Gasteiger partial charge in [0.05, 0.1) is 35.2 Å². The zero-order chi connectivity index (χ0) is 25.7. The summed E-state index contributed by atoms with van der Waals surface area (Å²) in [4.78, 5) is 18.0. The predicted octanol–water partition coefficient (Wildman–Crippen LogP) is 6.85. The molecule has 1 aliphatic rings. The number of aromatic hydroxyl groups is 1. The van der Waals surface area contributed by atoms with Crippen molar-refractivity contribution in [1.29, 1.82) is 0 Å². The molecule has 0 radical (unpaired) electrons. The van der Waals surface area contributed by atoms with Crippen molar-refractivity contribution < 1.29 is 5.11 Å². The van der Waals surface area contributed by atoms with E-state index in [1.165, 1.54) is 50.9 Å². The number of aromatic nitrogens is 3. The molecule has 3 heterocycles. The summed E-state index contributed by atoms with van der Waals surface area (Å²) < 4.78 is 0. The second-order valence-electron chi connectivity index (χ2n) is 10.1. The molecule has 0 saturated carbocycles. The zero-order valence-electron chi connectivity index (χ0n) is 21.5. The molecule has 3 aromatic carbocycles. The molecule has 38 heavy (non-hydrogen) atoms. The maximum Gasteiger partial charge on any atom is 0.199 e. The van der Waals surface area contributed by atoms with Crippen molar-refractivity contribution in [2.45, 2.75) is 32.1 Å². The van der Waals surface area contributed by atoms with Crippen LogP contribution in [0, 0.1) is 0 Å². The molecule has 2 aromatic heterocycles. The summed E-state index contributed by atoms with van der Waals surface area (Å²) >= 11 is 0. The van der Waals surface area contributed by atoms with Gasteiger partial charge in [-0.2, -0.15) is 0 Å². The highest BCUT2D eigenvalue weighted by atomic mass is 16.3. The third-order valence-corrected chi connectivity index (χ3v) is 7.46. The molecular formula is C32H33N5O. The van der Waals surface area contributed by atoms with Crippen molar-refractivity contribution in [1.82, 2.24) is 19.9 Å². The number of likely N-dealkylation sites (tertiary alicyclic amines) is 1. The number of hydrogen-bond donors (Lipinski definition) is 3. The Hall–Kier alpha value is -4.16. The van der Waals surface area contributed by atoms with E-state index in [2.05, 4.69) is 44.1 Å². The topological polar surface area (TPSA) is 80.3 Å². The van der Waals surface area contributed by atoms with Gasteiger partial charge in [-0.25, -0.2) is 9.98 Å². The number of para-hydroxylation sites is 1. The molecule has 0 unspecified atom stereocenters. The molecule has 6 nitrogen and oxygen atoms in total. The van der Waals surface area contributed by atoms with E-state index in [1.807, 2.05) is 54.7 Å². The first-order valence-corrected chi connectivity index (χ1v) is 13.5. The summed E-state index contributed by atoms with van der Waals surface area (Å²) in [6, 6.07) is 24.7. The Morgan fingerprint density at radius 1 is 0.921 bits per heavy atom. The van der Waals surface area contributed by atoms with Crippen LogP contribution in [0.4, 0.5) is 5.69 Å². The van der Waals surface area contributed by atoms with Crippen LogP contribution in [0.15, 0.2) is 90.3 Å². The minimum absolute atomic E-state index is 0.129. The molecule has 0 atom stereocenters. The number of aromatic amines is 2. The number of piperidine rings is 1. The molecule has 6 heteroatoms. The molecule has 1 saturated heterocycles. The maximum atomic E-state index is 11.0. The van der Waals surface area contributed by atoms with Gasteiger partial charge in [0.25, 0.3) is 0 Å². The molecule has 5 aromatic rings. The van der Waals surface area contributed by atoms with Crippen molar-refractivity contribution in [2.75, 3.05) is 19.6 Å². The van der Waals surface area contributed by atoms with E-state index in [0.29, 0.717) is 0 Å². The van der Waals surface area contributed by atoms with E-state index in [-0.39, 0.29) is 5.88 Å². The smallest absolute Gasteiger partial charge is 0.199 e. The first kappa shape index (κ1) is 24.2. The van der Waals surface area contributed by atoms with Gasteiger partial charge < -0.3 is 20.0 Å². The molecule has 0 amide bonds. The van der Waals surface area contributed by atoms with Gasteiger partial charge in [0.1, 0.15) is 0 Å². The Morgan fingerprint density at radius 2 is 1.71 bits per heavy atom. The molecule has 1 aliphatic heterocycles. The summed E-state index contributed by atoms with van der Waals surface area (Å²) in [6.45, 7) is 3.66. The van der Waals surface area contributed by atoms with Crippen LogP contribution in [-0.2, 0) is 6.42 Å². The number of aryl methyl sites for hydroxylation is 1. The molecule has 3 N–H and O–H groups in total. The standard InChI is InChI=1S/C32H33N5O/c38-32-30(27-8-2-3-9-28(27)36-32)31(35-26-16-14-24(15-17-26)29-21-33-22-34-29)25-12-10-23(11-13-25)7-6-20-37-18-4-1-5-19-37/h2-3,8-17,21-22,36,38H,1,4-7,18-20H2,(H,33,34). The maximum absolute atomic E-state index is 11.0. The lowest BCUT2D eigenvalue weighted by Crippen LogP contribution is -2.30. The fourth-order valence-corrected chi connectivity index (χ4v) is 5.41. The molecule has 6 rings (SSSR count). The SMILES string of the molecule is Oc1[nH]c2ccccc2c1C(=Nc1ccc(-c2cnc[nH]2)cc1)c1ccc(CCCN2CCCCC2)cc1. The average molecular weight is 504 g/mol. The highest BCUT2D eigenvalue weighted by molar-refractivity contribution is 6.21. The van der Waals surface area contributed by atoms with Gasteiger partial charge in [-0.1, -0.05) is 61.0 Å². The van der Waals surface area contributed by atoms with Gasteiger partial charge in [-0.05, 0) is 74.6 Å². The molecule has 0 aliphatic carbocycles. The van der Waals surface area contributed by atoms with Crippen LogP contribution in [0.3, 0.4) is 0 Å². The van der Waals surface area contributed by atoms with E-state index in [9.17, 15) is 5.11 Å². The van der Waals surface area contributed by atoms with Gasteiger partial charge in [0, 0.05) is 16.5 Å². The fraction of sp³-hybridized carbons (Fsp3) is 0.250. The van der Waals surface area contributed by atoms with E-state index >= 15 is 0 Å². The molecule has 1 fully saturated rings. The molecule has 192 valence electrons. The van der Waals surface area contributed by atoms with Gasteiger partial charge >= 0.3 is 0 Å². The number of nitrogens with zero attached hydrogens (tertiary/aromatic N) is 3. The average Bonchev–Trinajstić information content (AvgIpc) is 3.61. The number of hydrogen-bond acceptors (Lipinski definition) is 4. The van der Waals surface area contributed by atoms with Crippen LogP contribution >= 0.6 is 0 Å².